The number of nitrogens with one attached hydrogen (secondary N) is 1. The van der Waals surface area contributed by atoms with Crippen LogP contribution in [0, 0.1) is 0 Å². The van der Waals surface area contributed by atoms with Crippen LogP contribution in [-0.4, -0.2) is 62.6 Å². The number of nitrogens with zero attached hydrogens (tertiary/aromatic N) is 2. The molecule has 0 radical (unpaired) electrons. The number of rotatable bonds is 4. The van der Waals surface area contributed by atoms with E-state index in [9.17, 15) is 4.79 Å². The number of hydrogen-bond acceptors (Lipinski definition) is 5. The second-order valence-electron chi connectivity index (χ2n) is 5.43. The molecule has 2 rings (SSSR count). The van der Waals surface area contributed by atoms with E-state index in [1.54, 1.807) is 25.3 Å². The van der Waals surface area contributed by atoms with Gasteiger partial charge in [-0.25, -0.2) is 0 Å². The van der Waals surface area contributed by atoms with Gasteiger partial charge in [-0.2, -0.15) is 0 Å². The molecule has 0 spiro atoms. The predicted octanol–water partition coefficient (Wildman–Crippen LogP) is 0.853. The molecular formula is C15H24N4O2. The van der Waals surface area contributed by atoms with Gasteiger partial charge in [-0.15, -0.1) is 0 Å². The molecule has 1 aliphatic heterocycles. The van der Waals surface area contributed by atoms with Crippen molar-refractivity contribution >= 4 is 17.3 Å². The van der Waals surface area contributed by atoms with Crippen molar-refractivity contribution in [3.63, 3.8) is 0 Å². The number of hydrogen-bond donors (Lipinski definition) is 2. The van der Waals surface area contributed by atoms with Gasteiger partial charge in [-0.3, -0.25) is 9.69 Å². The minimum atomic E-state index is -0.0311. The van der Waals surface area contributed by atoms with E-state index in [1.807, 2.05) is 0 Å². The second-order valence-corrected chi connectivity index (χ2v) is 5.43. The van der Waals surface area contributed by atoms with Crippen molar-refractivity contribution < 1.29 is 9.53 Å². The van der Waals surface area contributed by atoms with Gasteiger partial charge in [0, 0.05) is 19.2 Å². The number of ether oxygens (including phenoxy) is 1. The molecule has 1 amide bonds. The van der Waals surface area contributed by atoms with Crippen LogP contribution < -0.4 is 15.8 Å². The van der Waals surface area contributed by atoms with Gasteiger partial charge in [0.25, 0.3) is 0 Å². The molecule has 0 aliphatic carbocycles. The van der Waals surface area contributed by atoms with Crippen LogP contribution in [0.2, 0.25) is 0 Å². The number of nitrogens with two attached hydrogens (primary N) is 1. The molecule has 0 saturated carbocycles. The summed E-state index contributed by atoms with van der Waals surface area (Å²) in [4.78, 5) is 16.6. The van der Waals surface area contributed by atoms with E-state index in [0.29, 0.717) is 23.7 Å². The molecule has 6 nitrogen and oxygen atoms in total. The number of amides is 1. The fourth-order valence-corrected chi connectivity index (χ4v) is 2.43. The lowest BCUT2D eigenvalue weighted by atomic mass is 10.2. The lowest BCUT2D eigenvalue weighted by Gasteiger charge is -2.19. The van der Waals surface area contributed by atoms with Crippen LogP contribution in [0.1, 0.15) is 6.42 Å². The fraction of sp³-hybridized carbons (Fsp3) is 0.533. The van der Waals surface area contributed by atoms with E-state index in [4.69, 9.17) is 10.5 Å². The summed E-state index contributed by atoms with van der Waals surface area (Å²) in [6, 6.07) is 5.26. The molecule has 1 heterocycles. The first-order valence-electron chi connectivity index (χ1n) is 7.23. The third-order valence-corrected chi connectivity index (χ3v) is 3.71. The van der Waals surface area contributed by atoms with E-state index in [2.05, 4.69) is 22.2 Å². The molecule has 116 valence electrons. The van der Waals surface area contributed by atoms with Crippen molar-refractivity contribution in [2.24, 2.45) is 0 Å². The second kappa shape index (κ2) is 7.28. The molecule has 1 aliphatic rings. The number of likely N-dealkylation sites (N-methyl/N-ethyl adjacent to an activating group) is 1. The Morgan fingerprint density at radius 2 is 2.14 bits per heavy atom. The first-order chi connectivity index (χ1) is 10.1. The minimum Gasteiger partial charge on any atom is -0.497 e. The Labute approximate surface area is 125 Å². The highest BCUT2D eigenvalue weighted by atomic mass is 16.5. The van der Waals surface area contributed by atoms with Crippen molar-refractivity contribution in [3.8, 4) is 5.75 Å². The average Bonchev–Trinajstić information content (AvgIpc) is 2.66. The lowest BCUT2D eigenvalue weighted by molar-refractivity contribution is -0.117. The highest BCUT2D eigenvalue weighted by molar-refractivity contribution is 5.95. The summed E-state index contributed by atoms with van der Waals surface area (Å²) < 4.78 is 5.09. The van der Waals surface area contributed by atoms with Gasteiger partial charge in [0.05, 0.1) is 25.0 Å². The fourth-order valence-electron chi connectivity index (χ4n) is 2.43. The van der Waals surface area contributed by atoms with Gasteiger partial charge in [0.15, 0.2) is 0 Å². The zero-order chi connectivity index (χ0) is 15.2. The predicted molar refractivity (Wildman–Crippen MR) is 84.6 cm³/mol. The lowest BCUT2D eigenvalue weighted by Crippen LogP contribution is -2.36. The normalized spacial score (nSPS) is 17.2. The summed E-state index contributed by atoms with van der Waals surface area (Å²) in [6.45, 7) is 4.36. The van der Waals surface area contributed by atoms with Crippen LogP contribution in [-0.2, 0) is 4.79 Å². The number of benzene rings is 1. The highest BCUT2D eigenvalue weighted by Crippen LogP contribution is 2.23. The van der Waals surface area contributed by atoms with Gasteiger partial charge in [0.2, 0.25) is 5.91 Å². The molecule has 6 heteroatoms. The Kier molecular flexibility index (Phi) is 5.41. The van der Waals surface area contributed by atoms with Gasteiger partial charge in [0.1, 0.15) is 5.75 Å². The Morgan fingerprint density at radius 3 is 2.86 bits per heavy atom. The van der Waals surface area contributed by atoms with Gasteiger partial charge >= 0.3 is 0 Å². The molecule has 1 aromatic carbocycles. The zero-order valence-electron chi connectivity index (χ0n) is 12.8. The van der Waals surface area contributed by atoms with Crippen molar-refractivity contribution in [3.05, 3.63) is 18.2 Å². The van der Waals surface area contributed by atoms with Gasteiger partial charge < -0.3 is 20.7 Å². The topological polar surface area (TPSA) is 70.8 Å². The molecule has 0 atom stereocenters. The van der Waals surface area contributed by atoms with Crippen molar-refractivity contribution in [2.75, 3.05) is 57.9 Å². The number of nitrogen functional groups attached to an aromatic ring is 1. The maximum atomic E-state index is 12.1. The molecule has 3 N–H and O–H groups in total. The molecule has 1 fully saturated rings. The van der Waals surface area contributed by atoms with E-state index in [0.717, 1.165) is 32.6 Å². The zero-order valence-corrected chi connectivity index (χ0v) is 12.8. The van der Waals surface area contributed by atoms with E-state index >= 15 is 0 Å². The minimum absolute atomic E-state index is 0.0311. The number of carbonyl (C=O) groups excluding carboxylic acids is 1. The molecular weight excluding hydrogens is 268 g/mol. The maximum Gasteiger partial charge on any atom is 0.238 e. The first kappa shape index (κ1) is 15.6. The summed E-state index contributed by atoms with van der Waals surface area (Å²) in [7, 11) is 3.70. The van der Waals surface area contributed by atoms with Crippen molar-refractivity contribution in [1.29, 1.82) is 0 Å². The third kappa shape index (κ3) is 4.61. The Bertz CT molecular complexity index is 493. The van der Waals surface area contributed by atoms with Crippen LogP contribution in [0.25, 0.3) is 0 Å². The smallest absolute Gasteiger partial charge is 0.238 e. The molecule has 0 unspecified atom stereocenters. The number of methoxy groups -OCH3 is 1. The van der Waals surface area contributed by atoms with Gasteiger partial charge in [-0.1, -0.05) is 0 Å². The van der Waals surface area contributed by atoms with E-state index in [-0.39, 0.29) is 5.91 Å². The van der Waals surface area contributed by atoms with Gasteiger partial charge in [-0.05, 0) is 38.7 Å². The van der Waals surface area contributed by atoms with Crippen LogP contribution in [0.5, 0.6) is 5.75 Å². The standard InChI is InChI=1S/C15H24N4O2/c1-18-6-3-7-19(9-8-18)11-15(20)17-14-5-4-12(21-2)10-13(14)16/h4-5,10H,3,6-9,11,16H2,1-2H3,(H,17,20). The number of anilines is 2. The molecule has 1 saturated heterocycles. The molecule has 1 aromatic rings. The van der Waals surface area contributed by atoms with E-state index < -0.39 is 0 Å². The van der Waals surface area contributed by atoms with Crippen LogP contribution in [0.4, 0.5) is 11.4 Å². The van der Waals surface area contributed by atoms with Crippen molar-refractivity contribution in [1.82, 2.24) is 9.80 Å². The van der Waals surface area contributed by atoms with Crippen LogP contribution >= 0.6 is 0 Å². The monoisotopic (exact) mass is 292 g/mol. The summed E-state index contributed by atoms with van der Waals surface area (Å²) in [5.41, 5.74) is 7.05. The Hall–Kier alpha value is -1.79. The molecule has 0 aromatic heterocycles. The Balaban J connectivity index is 1.89. The SMILES string of the molecule is COc1ccc(NC(=O)CN2CCCN(C)CC2)c(N)c1. The summed E-state index contributed by atoms with van der Waals surface area (Å²) in [6.07, 6.45) is 1.09. The number of carbonyl (C=O) groups is 1. The summed E-state index contributed by atoms with van der Waals surface area (Å²) >= 11 is 0. The molecule has 0 bridgehead atoms. The highest BCUT2D eigenvalue weighted by Gasteiger charge is 2.15. The Morgan fingerprint density at radius 1 is 1.33 bits per heavy atom. The third-order valence-electron chi connectivity index (χ3n) is 3.71. The first-order valence-corrected chi connectivity index (χ1v) is 7.23. The average molecular weight is 292 g/mol. The van der Waals surface area contributed by atoms with Crippen molar-refractivity contribution in [2.45, 2.75) is 6.42 Å². The molecule has 21 heavy (non-hydrogen) atoms. The van der Waals surface area contributed by atoms with Crippen LogP contribution in [0.3, 0.4) is 0 Å². The van der Waals surface area contributed by atoms with E-state index in [1.165, 1.54) is 0 Å². The maximum absolute atomic E-state index is 12.1. The summed E-state index contributed by atoms with van der Waals surface area (Å²) in [5, 5.41) is 2.87. The quantitative estimate of drug-likeness (QED) is 0.805. The van der Waals surface area contributed by atoms with Crippen LogP contribution in [0.15, 0.2) is 18.2 Å². The summed E-state index contributed by atoms with van der Waals surface area (Å²) in [5.74, 6) is 0.650. The largest absolute Gasteiger partial charge is 0.497 e.